The highest BCUT2D eigenvalue weighted by molar-refractivity contribution is 5.24. The Morgan fingerprint density at radius 1 is 1.37 bits per heavy atom. The molecule has 0 amide bonds. The highest BCUT2D eigenvalue weighted by Crippen LogP contribution is 2.14. The van der Waals surface area contributed by atoms with Crippen LogP contribution in [-0.2, 0) is 6.54 Å². The Hall–Kier alpha value is -1.13. The molecule has 1 aliphatic heterocycles. The summed E-state index contributed by atoms with van der Waals surface area (Å²) in [6.45, 7) is 6.63. The van der Waals surface area contributed by atoms with Crippen LogP contribution in [0.5, 0.6) is 5.88 Å². The Bertz CT molecular complexity index is 377. The van der Waals surface area contributed by atoms with Crippen LogP contribution in [0.3, 0.4) is 0 Å². The number of hydrogen-bond donors (Lipinski definition) is 1. The van der Waals surface area contributed by atoms with Crippen LogP contribution in [-0.4, -0.2) is 42.7 Å². The molecule has 4 nitrogen and oxygen atoms in total. The summed E-state index contributed by atoms with van der Waals surface area (Å²) in [5, 5.41) is 3.51. The van der Waals surface area contributed by atoms with Crippen LogP contribution >= 0.6 is 0 Å². The Labute approximate surface area is 116 Å². The maximum absolute atomic E-state index is 5.26. The zero-order valence-electron chi connectivity index (χ0n) is 12.1. The maximum atomic E-state index is 5.26. The molecular weight excluding hydrogens is 238 g/mol. The first-order chi connectivity index (χ1) is 9.31. The Morgan fingerprint density at radius 3 is 2.89 bits per heavy atom. The van der Waals surface area contributed by atoms with E-state index in [0.29, 0.717) is 6.04 Å². The van der Waals surface area contributed by atoms with Crippen molar-refractivity contribution in [1.82, 2.24) is 15.2 Å². The first kappa shape index (κ1) is 14.3. The Balaban J connectivity index is 1.76. The van der Waals surface area contributed by atoms with Gasteiger partial charge in [0.25, 0.3) is 0 Å². The van der Waals surface area contributed by atoms with Crippen molar-refractivity contribution < 1.29 is 4.74 Å². The van der Waals surface area contributed by atoms with Crippen molar-refractivity contribution in [3.05, 3.63) is 23.9 Å². The summed E-state index contributed by atoms with van der Waals surface area (Å²) in [4.78, 5) is 6.79. The quantitative estimate of drug-likeness (QED) is 0.852. The third-order valence-corrected chi connectivity index (χ3v) is 3.81. The molecule has 1 fully saturated rings. The van der Waals surface area contributed by atoms with Gasteiger partial charge in [0.2, 0.25) is 5.88 Å². The van der Waals surface area contributed by atoms with Crippen LogP contribution in [0.15, 0.2) is 18.3 Å². The van der Waals surface area contributed by atoms with Crippen molar-refractivity contribution in [2.75, 3.05) is 26.7 Å². The lowest BCUT2D eigenvalue weighted by molar-refractivity contribution is 0.170. The van der Waals surface area contributed by atoms with Crippen LogP contribution in [0, 0.1) is 0 Å². The van der Waals surface area contributed by atoms with Gasteiger partial charge in [-0.15, -0.1) is 0 Å². The van der Waals surface area contributed by atoms with E-state index in [2.05, 4.69) is 28.2 Å². The van der Waals surface area contributed by atoms with Crippen LogP contribution in [0.1, 0.15) is 31.7 Å². The smallest absolute Gasteiger partial charge is 0.217 e. The number of nitrogens with zero attached hydrogens (tertiary/aromatic N) is 2. The number of aromatic nitrogens is 1. The van der Waals surface area contributed by atoms with Crippen molar-refractivity contribution in [2.45, 2.75) is 38.8 Å². The molecule has 1 aliphatic rings. The zero-order valence-corrected chi connectivity index (χ0v) is 12.1. The minimum absolute atomic E-state index is 0.600. The second-order valence-corrected chi connectivity index (χ2v) is 5.25. The lowest BCUT2D eigenvalue weighted by Gasteiger charge is -2.32. The van der Waals surface area contributed by atoms with E-state index >= 15 is 0 Å². The summed E-state index contributed by atoms with van der Waals surface area (Å²) in [5.74, 6) is 0.723. The predicted octanol–water partition coefficient (Wildman–Crippen LogP) is 2.05. The van der Waals surface area contributed by atoms with Gasteiger partial charge in [0.15, 0.2) is 0 Å². The second-order valence-electron chi connectivity index (χ2n) is 5.25. The molecule has 4 heteroatoms. The molecule has 1 N–H and O–H groups in total. The fourth-order valence-corrected chi connectivity index (χ4v) is 2.65. The summed E-state index contributed by atoms with van der Waals surface area (Å²) >= 11 is 0. The van der Waals surface area contributed by atoms with Crippen LogP contribution in [0.4, 0.5) is 0 Å². The summed E-state index contributed by atoms with van der Waals surface area (Å²) in [5.41, 5.74) is 1.12. The molecule has 19 heavy (non-hydrogen) atoms. The van der Waals surface area contributed by atoms with Gasteiger partial charge in [-0.25, -0.2) is 4.98 Å². The van der Waals surface area contributed by atoms with E-state index < -0.39 is 0 Å². The van der Waals surface area contributed by atoms with E-state index in [0.717, 1.165) is 24.5 Å². The molecule has 1 aromatic heterocycles. The molecular formula is C15H25N3O. The third-order valence-electron chi connectivity index (χ3n) is 3.81. The van der Waals surface area contributed by atoms with E-state index in [1.807, 2.05) is 6.07 Å². The number of rotatable bonds is 6. The second kappa shape index (κ2) is 7.46. The highest BCUT2D eigenvalue weighted by Gasteiger charge is 2.16. The molecule has 2 rings (SSSR count). The van der Waals surface area contributed by atoms with E-state index in [-0.39, 0.29) is 0 Å². The number of piperidine rings is 1. The zero-order chi connectivity index (χ0) is 13.5. The third kappa shape index (κ3) is 4.18. The van der Waals surface area contributed by atoms with E-state index in [9.17, 15) is 0 Å². The van der Waals surface area contributed by atoms with Gasteiger partial charge in [-0.05, 0) is 38.9 Å². The van der Waals surface area contributed by atoms with Gasteiger partial charge >= 0.3 is 0 Å². The molecule has 2 heterocycles. The summed E-state index contributed by atoms with van der Waals surface area (Å²) in [6.07, 6.45) is 5.85. The average molecular weight is 263 g/mol. The molecule has 1 unspecified atom stereocenters. The van der Waals surface area contributed by atoms with Gasteiger partial charge in [-0.3, -0.25) is 4.90 Å². The number of nitrogens with one attached hydrogen (secondary N) is 1. The first-order valence-electron chi connectivity index (χ1n) is 7.24. The first-order valence-corrected chi connectivity index (χ1v) is 7.24. The fraction of sp³-hybridized carbons (Fsp3) is 0.667. The van der Waals surface area contributed by atoms with Crippen molar-refractivity contribution in [1.29, 1.82) is 0 Å². The molecule has 1 aromatic rings. The number of pyridine rings is 1. The van der Waals surface area contributed by atoms with Gasteiger partial charge in [-0.2, -0.15) is 0 Å². The van der Waals surface area contributed by atoms with Crippen molar-refractivity contribution >= 4 is 0 Å². The van der Waals surface area contributed by atoms with Crippen LogP contribution in [0.25, 0.3) is 0 Å². The minimum Gasteiger partial charge on any atom is -0.481 e. The molecule has 106 valence electrons. The number of hydrogen-bond acceptors (Lipinski definition) is 4. The SMILES string of the molecule is COc1ncccc1CNCC(C)N1CCCCC1. The lowest BCUT2D eigenvalue weighted by atomic mass is 10.1. The minimum atomic E-state index is 0.600. The van der Waals surface area contributed by atoms with E-state index in [4.69, 9.17) is 4.74 Å². The molecule has 0 aromatic carbocycles. The van der Waals surface area contributed by atoms with Gasteiger partial charge in [0.05, 0.1) is 7.11 Å². The average Bonchev–Trinajstić information content (AvgIpc) is 2.48. The van der Waals surface area contributed by atoms with Crippen molar-refractivity contribution in [2.24, 2.45) is 0 Å². The highest BCUT2D eigenvalue weighted by atomic mass is 16.5. The molecule has 0 spiro atoms. The summed E-state index contributed by atoms with van der Waals surface area (Å²) in [6, 6.07) is 4.61. The topological polar surface area (TPSA) is 37.4 Å². The molecule has 0 bridgehead atoms. The predicted molar refractivity (Wildman–Crippen MR) is 77.4 cm³/mol. The molecule has 0 aliphatic carbocycles. The molecule has 1 saturated heterocycles. The standard InChI is InChI=1S/C15H25N3O/c1-13(18-9-4-3-5-10-18)11-16-12-14-7-6-8-17-15(14)19-2/h6-8,13,16H,3-5,9-12H2,1-2H3. The largest absolute Gasteiger partial charge is 0.481 e. The van der Waals surface area contributed by atoms with Crippen LogP contribution < -0.4 is 10.1 Å². The number of ether oxygens (including phenoxy) is 1. The number of likely N-dealkylation sites (tertiary alicyclic amines) is 1. The Kier molecular flexibility index (Phi) is 5.61. The van der Waals surface area contributed by atoms with Gasteiger partial charge in [0, 0.05) is 30.9 Å². The fourth-order valence-electron chi connectivity index (χ4n) is 2.65. The van der Waals surface area contributed by atoms with Crippen LogP contribution in [0.2, 0.25) is 0 Å². The summed E-state index contributed by atoms with van der Waals surface area (Å²) in [7, 11) is 1.67. The molecule has 0 radical (unpaired) electrons. The molecule has 1 atom stereocenters. The Morgan fingerprint density at radius 2 is 2.16 bits per heavy atom. The van der Waals surface area contributed by atoms with E-state index in [1.165, 1.54) is 32.4 Å². The van der Waals surface area contributed by atoms with Crippen molar-refractivity contribution in [3.8, 4) is 5.88 Å². The number of methoxy groups -OCH3 is 1. The van der Waals surface area contributed by atoms with Gasteiger partial charge < -0.3 is 10.1 Å². The van der Waals surface area contributed by atoms with Gasteiger partial charge in [-0.1, -0.05) is 12.5 Å². The monoisotopic (exact) mass is 263 g/mol. The summed E-state index contributed by atoms with van der Waals surface area (Å²) < 4.78 is 5.26. The molecule has 0 saturated carbocycles. The lowest BCUT2D eigenvalue weighted by Crippen LogP contribution is -2.42. The van der Waals surface area contributed by atoms with Crippen molar-refractivity contribution in [3.63, 3.8) is 0 Å². The maximum Gasteiger partial charge on any atom is 0.217 e. The van der Waals surface area contributed by atoms with E-state index in [1.54, 1.807) is 13.3 Å². The normalized spacial score (nSPS) is 18.2. The van der Waals surface area contributed by atoms with Gasteiger partial charge in [0.1, 0.15) is 0 Å².